The average Bonchev–Trinajstić information content (AvgIpc) is 2.20. The fourth-order valence-electron chi connectivity index (χ4n) is 0.856. The Morgan fingerprint density at radius 2 is 2.30 bits per heavy atom. The van der Waals surface area contributed by atoms with E-state index < -0.39 is 0 Å². The van der Waals surface area contributed by atoms with Crippen LogP contribution in [-0.4, -0.2) is 5.16 Å². The lowest BCUT2D eigenvalue weighted by atomic mass is 10.2. The van der Waals surface area contributed by atoms with Crippen molar-refractivity contribution >= 4 is 0 Å². The second-order valence-electron chi connectivity index (χ2n) is 2.18. The predicted molar refractivity (Wildman–Crippen MR) is 37.0 cm³/mol. The van der Waals surface area contributed by atoms with Crippen LogP contribution in [0.5, 0.6) is 0 Å². The lowest BCUT2D eigenvalue weighted by molar-refractivity contribution is 0.392. The van der Waals surface area contributed by atoms with Crippen LogP contribution in [0, 0.1) is 13.8 Å². The minimum atomic E-state index is 0.612. The first-order chi connectivity index (χ1) is 4.75. The minimum Gasteiger partial charge on any atom is -0.361 e. The molecular formula is C6H11N3O. The van der Waals surface area contributed by atoms with Crippen LogP contribution in [0.1, 0.15) is 17.0 Å². The van der Waals surface area contributed by atoms with Gasteiger partial charge >= 0.3 is 0 Å². The monoisotopic (exact) mass is 141 g/mol. The highest BCUT2D eigenvalue weighted by Gasteiger charge is 2.06. The third-order valence-electron chi connectivity index (χ3n) is 1.46. The summed E-state index contributed by atoms with van der Waals surface area (Å²) in [6, 6.07) is 0. The second-order valence-corrected chi connectivity index (χ2v) is 2.18. The van der Waals surface area contributed by atoms with E-state index in [1.54, 1.807) is 0 Å². The molecule has 1 aromatic rings. The summed E-state index contributed by atoms with van der Waals surface area (Å²) in [5, 5.41) is 3.76. The molecule has 1 aromatic heterocycles. The predicted octanol–water partition coefficient (Wildman–Crippen LogP) is 0.255. The molecule has 0 unspecified atom stereocenters. The smallest absolute Gasteiger partial charge is 0.138 e. The second kappa shape index (κ2) is 2.81. The van der Waals surface area contributed by atoms with E-state index in [1.807, 2.05) is 13.8 Å². The van der Waals surface area contributed by atoms with E-state index in [0.29, 0.717) is 6.54 Å². The first-order valence-electron chi connectivity index (χ1n) is 3.11. The molecule has 0 amide bonds. The summed E-state index contributed by atoms with van der Waals surface area (Å²) in [6.45, 7) is 4.37. The van der Waals surface area contributed by atoms with Gasteiger partial charge in [0.05, 0.1) is 5.69 Å². The van der Waals surface area contributed by atoms with Crippen LogP contribution in [-0.2, 0) is 6.54 Å². The van der Waals surface area contributed by atoms with Gasteiger partial charge in [-0.25, -0.2) is 0 Å². The Kier molecular flexibility index (Phi) is 2.03. The van der Waals surface area contributed by atoms with Gasteiger partial charge in [0.25, 0.3) is 0 Å². The van der Waals surface area contributed by atoms with E-state index in [-0.39, 0.29) is 0 Å². The van der Waals surface area contributed by atoms with E-state index in [0.717, 1.165) is 17.0 Å². The van der Waals surface area contributed by atoms with E-state index >= 15 is 0 Å². The van der Waals surface area contributed by atoms with E-state index in [4.69, 9.17) is 10.4 Å². The Morgan fingerprint density at radius 3 is 2.70 bits per heavy atom. The van der Waals surface area contributed by atoms with Crippen LogP contribution in [0.2, 0.25) is 0 Å². The van der Waals surface area contributed by atoms with Crippen molar-refractivity contribution in [3.8, 4) is 0 Å². The standard InChI is InChI=1S/C6H11N3O/c1-4-6(3-8-7)5(2)10-9-4/h8H,3,7H2,1-2H3. The number of aryl methyl sites for hydroxylation is 2. The van der Waals surface area contributed by atoms with Gasteiger partial charge in [0, 0.05) is 12.1 Å². The van der Waals surface area contributed by atoms with Crippen LogP contribution in [0.15, 0.2) is 4.52 Å². The molecule has 4 nitrogen and oxygen atoms in total. The highest BCUT2D eigenvalue weighted by Crippen LogP contribution is 2.10. The van der Waals surface area contributed by atoms with Crippen LogP contribution in [0.4, 0.5) is 0 Å². The molecule has 0 aliphatic heterocycles. The van der Waals surface area contributed by atoms with Gasteiger partial charge in [-0.2, -0.15) is 0 Å². The molecular weight excluding hydrogens is 130 g/mol. The maximum atomic E-state index is 5.14. The topological polar surface area (TPSA) is 64.1 Å². The quantitative estimate of drug-likeness (QED) is 0.458. The molecule has 0 fully saturated rings. The highest BCUT2D eigenvalue weighted by atomic mass is 16.5. The van der Waals surface area contributed by atoms with Crippen molar-refractivity contribution in [2.75, 3.05) is 0 Å². The van der Waals surface area contributed by atoms with E-state index in [9.17, 15) is 0 Å². The Balaban J connectivity index is 2.87. The average molecular weight is 141 g/mol. The third kappa shape index (κ3) is 1.17. The fraction of sp³-hybridized carbons (Fsp3) is 0.500. The van der Waals surface area contributed by atoms with Crippen molar-refractivity contribution in [1.29, 1.82) is 0 Å². The molecule has 0 atom stereocenters. The van der Waals surface area contributed by atoms with Gasteiger partial charge in [-0.05, 0) is 13.8 Å². The summed E-state index contributed by atoms with van der Waals surface area (Å²) < 4.78 is 4.90. The molecule has 0 spiro atoms. The number of nitrogens with zero attached hydrogens (tertiary/aromatic N) is 1. The van der Waals surface area contributed by atoms with Gasteiger partial charge in [0.1, 0.15) is 5.76 Å². The van der Waals surface area contributed by atoms with Crippen LogP contribution in [0.25, 0.3) is 0 Å². The molecule has 1 rings (SSSR count). The molecule has 10 heavy (non-hydrogen) atoms. The van der Waals surface area contributed by atoms with Gasteiger partial charge < -0.3 is 4.52 Å². The molecule has 0 aromatic carbocycles. The number of nitrogens with two attached hydrogens (primary N) is 1. The summed E-state index contributed by atoms with van der Waals surface area (Å²) in [7, 11) is 0. The number of rotatable bonds is 2. The molecule has 1 heterocycles. The van der Waals surface area contributed by atoms with Gasteiger partial charge in [-0.3, -0.25) is 11.3 Å². The number of aromatic nitrogens is 1. The van der Waals surface area contributed by atoms with Gasteiger partial charge in [-0.1, -0.05) is 5.16 Å². The molecule has 3 N–H and O–H groups in total. The lowest BCUT2D eigenvalue weighted by Crippen LogP contribution is -2.21. The van der Waals surface area contributed by atoms with Crippen molar-refractivity contribution in [2.24, 2.45) is 5.84 Å². The summed E-state index contributed by atoms with van der Waals surface area (Å²) in [5.41, 5.74) is 4.49. The van der Waals surface area contributed by atoms with Gasteiger partial charge in [-0.15, -0.1) is 0 Å². The molecule has 0 radical (unpaired) electrons. The zero-order chi connectivity index (χ0) is 7.56. The van der Waals surface area contributed by atoms with Crippen LogP contribution < -0.4 is 11.3 Å². The van der Waals surface area contributed by atoms with Crippen molar-refractivity contribution in [2.45, 2.75) is 20.4 Å². The zero-order valence-electron chi connectivity index (χ0n) is 6.14. The molecule has 0 saturated carbocycles. The molecule has 56 valence electrons. The number of hydrazine groups is 1. The number of hydrogen-bond donors (Lipinski definition) is 2. The highest BCUT2D eigenvalue weighted by molar-refractivity contribution is 5.19. The molecule has 0 bridgehead atoms. The Labute approximate surface area is 59.4 Å². The minimum absolute atomic E-state index is 0.612. The lowest BCUT2D eigenvalue weighted by Gasteiger charge is -1.94. The van der Waals surface area contributed by atoms with Crippen LogP contribution in [0.3, 0.4) is 0 Å². The molecule has 4 heteroatoms. The first-order valence-corrected chi connectivity index (χ1v) is 3.11. The third-order valence-corrected chi connectivity index (χ3v) is 1.46. The fourth-order valence-corrected chi connectivity index (χ4v) is 0.856. The van der Waals surface area contributed by atoms with Gasteiger partial charge in [0.15, 0.2) is 0 Å². The van der Waals surface area contributed by atoms with Crippen molar-refractivity contribution < 1.29 is 4.52 Å². The SMILES string of the molecule is Cc1noc(C)c1CNN. The van der Waals surface area contributed by atoms with E-state index in [1.165, 1.54) is 0 Å². The summed E-state index contributed by atoms with van der Waals surface area (Å²) >= 11 is 0. The Morgan fingerprint density at radius 1 is 1.60 bits per heavy atom. The summed E-state index contributed by atoms with van der Waals surface area (Å²) in [4.78, 5) is 0. The number of hydrogen-bond acceptors (Lipinski definition) is 4. The van der Waals surface area contributed by atoms with Crippen molar-refractivity contribution in [3.05, 3.63) is 17.0 Å². The zero-order valence-corrected chi connectivity index (χ0v) is 6.14. The summed E-state index contributed by atoms with van der Waals surface area (Å²) in [6.07, 6.45) is 0. The number of nitrogens with one attached hydrogen (secondary N) is 1. The largest absolute Gasteiger partial charge is 0.361 e. The van der Waals surface area contributed by atoms with Gasteiger partial charge in [0.2, 0.25) is 0 Å². The molecule has 0 aliphatic carbocycles. The van der Waals surface area contributed by atoms with Crippen molar-refractivity contribution in [1.82, 2.24) is 10.6 Å². The van der Waals surface area contributed by atoms with Crippen LogP contribution >= 0.6 is 0 Å². The normalized spacial score (nSPS) is 10.3. The van der Waals surface area contributed by atoms with Crippen molar-refractivity contribution in [3.63, 3.8) is 0 Å². The molecule has 0 saturated heterocycles. The maximum Gasteiger partial charge on any atom is 0.138 e. The Bertz CT molecular complexity index is 199. The Hall–Kier alpha value is -0.870. The molecule has 0 aliphatic rings. The first kappa shape index (κ1) is 7.24. The maximum absolute atomic E-state index is 5.14. The van der Waals surface area contributed by atoms with E-state index in [2.05, 4.69) is 10.6 Å². The summed E-state index contributed by atoms with van der Waals surface area (Å²) in [5.74, 6) is 5.97.